The fraction of sp³-hybridized carbons (Fsp3) is 0.194. The predicted octanol–water partition coefficient (Wildman–Crippen LogP) is 5.44. The standard InChI is InChI=1S/C31H27Cl2N5O5/c1-43-25-13-17(5-6-18(25)14-34-16-20-8-10-26(39)37-20)29-28(33)22(11-12-35-29)21-3-2-4-23(27(21)32)38-30(40)24-9-7-19(15-36-24)31(41)42/h2-7,9,11-13,15,20,34H,8,10,14,16H2,1H3,(H,37,39)(H,38,40)(H,41,42)/t20-/m1/s1. The molecule has 0 saturated carbocycles. The van der Waals surface area contributed by atoms with Crippen LogP contribution in [0.3, 0.4) is 0 Å². The van der Waals surface area contributed by atoms with E-state index in [0.717, 1.165) is 23.7 Å². The smallest absolute Gasteiger partial charge is 0.337 e. The van der Waals surface area contributed by atoms with Gasteiger partial charge in [0.15, 0.2) is 0 Å². The molecule has 0 unspecified atom stereocenters. The number of ether oxygens (including phenoxy) is 1. The number of benzene rings is 2. The summed E-state index contributed by atoms with van der Waals surface area (Å²) in [5, 5.41) is 18.7. The van der Waals surface area contributed by atoms with Crippen molar-refractivity contribution in [3.8, 4) is 28.1 Å². The minimum atomic E-state index is -1.14. The summed E-state index contributed by atoms with van der Waals surface area (Å²) in [6.45, 7) is 1.23. The van der Waals surface area contributed by atoms with Crippen LogP contribution in [0.25, 0.3) is 22.4 Å². The number of nitrogens with zero attached hydrogens (tertiary/aromatic N) is 2. The van der Waals surface area contributed by atoms with Crippen molar-refractivity contribution in [2.24, 2.45) is 0 Å². The molecule has 0 radical (unpaired) electrons. The molecule has 0 aliphatic carbocycles. The van der Waals surface area contributed by atoms with Crippen molar-refractivity contribution in [1.29, 1.82) is 0 Å². The van der Waals surface area contributed by atoms with Crippen LogP contribution < -0.4 is 20.7 Å². The molecule has 0 bridgehead atoms. The SMILES string of the molecule is COc1cc(-c2nccc(-c3cccc(NC(=O)c4ccc(C(=O)O)cn4)c3Cl)c2Cl)ccc1CNC[C@H]1CCC(=O)N1. The number of methoxy groups -OCH3 is 1. The molecule has 1 aliphatic rings. The van der Waals surface area contributed by atoms with E-state index in [1.165, 1.54) is 12.1 Å². The third-order valence-corrected chi connectivity index (χ3v) is 7.81. The van der Waals surface area contributed by atoms with E-state index in [2.05, 4.69) is 25.9 Å². The van der Waals surface area contributed by atoms with Gasteiger partial charge in [-0.15, -0.1) is 0 Å². The van der Waals surface area contributed by atoms with Crippen LogP contribution in [0.15, 0.2) is 67.0 Å². The quantitative estimate of drug-likeness (QED) is 0.184. The molecule has 1 atom stereocenters. The van der Waals surface area contributed by atoms with E-state index in [1.807, 2.05) is 18.2 Å². The first-order valence-corrected chi connectivity index (χ1v) is 14.1. The summed E-state index contributed by atoms with van der Waals surface area (Å²) in [4.78, 5) is 43.7. The number of aromatic nitrogens is 2. The van der Waals surface area contributed by atoms with Crippen molar-refractivity contribution in [1.82, 2.24) is 20.6 Å². The molecule has 2 aromatic heterocycles. The van der Waals surface area contributed by atoms with Crippen molar-refractivity contribution in [2.45, 2.75) is 25.4 Å². The largest absolute Gasteiger partial charge is 0.496 e. The normalized spacial score (nSPS) is 14.3. The molecule has 4 N–H and O–H groups in total. The monoisotopic (exact) mass is 619 g/mol. The van der Waals surface area contributed by atoms with Gasteiger partial charge in [-0.05, 0) is 36.8 Å². The average molecular weight is 620 g/mol. The highest BCUT2D eigenvalue weighted by Gasteiger charge is 2.21. The summed E-state index contributed by atoms with van der Waals surface area (Å²) in [5.41, 5.74) is 3.74. The number of hydrogen-bond donors (Lipinski definition) is 4. The number of carbonyl (C=O) groups is 3. The molecule has 2 amide bonds. The van der Waals surface area contributed by atoms with E-state index in [9.17, 15) is 14.4 Å². The lowest BCUT2D eigenvalue weighted by atomic mass is 10.0. The molecule has 12 heteroatoms. The van der Waals surface area contributed by atoms with Crippen LogP contribution >= 0.6 is 23.2 Å². The summed E-state index contributed by atoms with van der Waals surface area (Å²) < 4.78 is 5.65. The second kappa shape index (κ2) is 13.2. The Balaban J connectivity index is 1.36. The minimum Gasteiger partial charge on any atom is -0.496 e. The van der Waals surface area contributed by atoms with Gasteiger partial charge in [0.2, 0.25) is 5.91 Å². The molecule has 1 fully saturated rings. The molecule has 1 saturated heterocycles. The third kappa shape index (κ3) is 6.77. The highest BCUT2D eigenvalue weighted by atomic mass is 35.5. The van der Waals surface area contributed by atoms with Crippen LogP contribution in [0.5, 0.6) is 5.75 Å². The van der Waals surface area contributed by atoms with Gasteiger partial charge in [-0.25, -0.2) is 4.79 Å². The Kier molecular flexibility index (Phi) is 9.20. The van der Waals surface area contributed by atoms with Gasteiger partial charge in [0.05, 0.1) is 34.1 Å². The van der Waals surface area contributed by atoms with Crippen LogP contribution in [-0.4, -0.2) is 52.6 Å². The Labute approximate surface area is 257 Å². The van der Waals surface area contributed by atoms with Gasteiger partial charge in [-0.3, -0.25) is 19.6 Å². The second-order valence-electron chi connectivity index (χ2n) is 9.84. The first kappa shape index (κ1) is 30.0. The molecule has 10 nitrogen and oxygen atoms in total. The lowest BCUT2D eigenvalue weighted by Gasteiger charge is -2.16. The van der Waals surface area contributed by atoms with Crippen LogP contribution in [0.4, 0.5) is 5.69 Å². The number of rotatable bonds is 10. The summed E-state index contributed by atoms with van der Waals surface area (Å²) in [5.74, 6) is -0.939. The predicted molar refractivity (Wildman–Crippen MR) is 164 cm³/mol. The van der Waals surface area contributed by atoms with E-state index >= 15 is 0 Å². The lowest BCUT2D eigenvalue weighted by Crippen LogP contribution is -2.35. The number of pyridine rings is 2. The second-order valence-corrected chi connectivity index (χ2v) is 10.6. The Morgan fingerprint density at radius 3 is 2.58 bits per heavy atom. The molecule has 5 rings (SSSR count). The van der Waals surface area contributed by atoms with E-state index in [-0.39, 0.29) is 28.2 Å². The van der Waals surface area contributed by atoms with Crippen molar-refractivity contribution in [3.63, 3.8) is 0 Å². The Hall–Kier alpha value is -4.51. The molecule has 43 heavy (non-hydrogen) atoms. The average Bonchev–Trinajstić information content (AvgIpc) is 3.43. The van der Waals surface area contributed by atoms with Crippen molar-refractivity contribution < 1.29 is 24.2 Å². The highest BCUT2D eigenvalue weighted by Crippen LogP contribution is 2.41. The zero-order valence-corrected chi connectivity index (χ0v) is 24.5. The van der Waals surface area contributed by atoms with E-state index in [1.54, 1.807) is 37.6 Å². The van der Waals surface area contributed by atoms with Crippen LogP contribution in [0.2, 0.25) is 10.0 Å². The van der Waals surface area contributed by atoms with E-state index in [0.29, 0.717) is 52.8 Å². The summed E-state index contributed by atoms with van der Waals surface area (Å²) in [6, 6.07) is 15.4. The zero-order chi connectivity index (χ0) is 30.5. The van der Waals surface area contributed by atoms with Crippen molar-refractivity contribution in [2.75, 3.05) is 19.0 Å². The first-order chi connectivity index (χ1) is 20.7. The van der Waals surface area contributed by atoms with Gasteiger partial charge in [0.25, 0.3) is 5.91 Å². The molecule has 2 aromatic carbocycles. The number of carbonyl (C=O) groups excluding carboxylic acids is 2. The highest BCUT2D eigenvalue weighted by molar-refractivity contribution is 6.39. The number of carboxylic acids is 1. The van der Waals surface area contributed by atoms with Crippen LogP contribution in [0.1, 0.15) is 39.3 Å². The van der Waals surface area contributed by atoms with Gasteiger partial charge in [-0.2, -0.15) is 0 Å². The molecule has 0 spiro atoms. The number of anilines is 1. The summed E-state index contributed by atoms with van der Waals surface area (Å²) in [7, 11) is 1.60. The number of hydrogen-bond acceptors (Lipinski definition) is 7. The fourth-order valence-corrected chi connectivity index (χ4v) is 5.38. The molecule has 220 valence electrons. The van der Waals surface area contributed by atoms with Crippen LogP contribution in [-0.2, 0) is 11.3 Å². The number of amides is 2. The van der Waals surface area contributed by atoms with Crippen molar-refractivity contribution in [3.05, 3.63) is 93.9 Å². The van der Waals surface area contributed by atoms with E-state index in [4.69, 9.17) is 33.0 Å². The number of aromatic carboxylic acids is 1. The maximum Gasteiger partial charge on any atom is 0.337 e. The number of carboxylic acid groups (broad SMARTS) is 1. The minimum absolute atomic E-state index is 0.0285. The van der Waals surface area contributed by atoms with Gasteiger partial charge >= 0.3 is 5.97 Å². The van der Waals surface area contributed by atoms with Crippen LogP contribution in [0, 0.1) is 0 Å². The summed E-state index contributed by atoms with van der Waals surface area (Å²) >= 11 is 13.6. The van der Waals surface area contributed by atoms with Crippen molar-refractivity contribution >= 4 is 46.7 Å². The van der Waals surface area contributed by atoms with E-state index < -0.39 is 11.9 Å². The zero-order valence-electron chi connectivity index (χ0n) is 23.0. The number of nitrogens with one attached hydrogen (secondary N) is 3. The Bertz CT molecular complexity index is 1700. The maximum absolute atomic E-state index is 12.8. The lowest BCUT2D eigenvalue weighted by molar-refractivity contribution is -0.119. The topological polar surface area (TPSA) is 143 Å². The third-order valence-electron chi connectivity index (χ3n) is 7.02. The first-order valence-electron chi connectivity index (χ1n) is 13.4. The maximum atomic E-state index is 12.8. The molecule has 1 aliphatic heterocycles. The molecule has 3 heterocycles. The Morgan fingerprint density at radius 2 is 1.88 bits per heavy atom. The molecular formula is C31H27Cl2N5O5. The van der Waals surface area contributed by atoms with Gasteiger partial charge in [-0.1, -0.05) is 47.5 Å². The van der Waals surface area contributed by atoms with Gasteiger partial charge < -0.3 is 25.8 Å². The Morgan fingerprint density at radius 1 is 1.07 bits per heavy atom. The van der Waals surface area contributed by atoms with Gasteiger partial charge in [0, 0.05) is 60.2 Å². The summed E-state index contributed by atoms with van der Waals surface area (Å²) in [6.07, 6.45) is 4.12. The molecule has 4 aromatic rings. The number of halogens is 2. The van der Waals surface area contributed by atoms with Gasteiger partial charge in [0.1, 0.15) is 11.4 Å². The molecular weight excluding hydrogens is 593 g/mol. The fourth-order valence-electron chi connectivity index (χ4n) is 4.78.